The summed E-state index contributed by atoms with van der Waals surface area (Å²) >= 11 is 0. The highest BCUT2D eigenvalue weighted by Crippen LogP contribution is 2.50. The molecule has 0 aliphatic heterocycles. The Balaban J connectivity index is 2.27. The Morgan fingerprint density at radius 1 is 0.633 bits per heavy atom. The van der Waals surface area contributed by atoms with Crippen LogP contribution in [0.4, 0.5) is 9.59 Å². The Labute approximate surface area is 283 Å². The highest BCUT2D eigenvalue weighted by atomic mass is 16.7. The third kappa shape index (κ3) is 9.36. The normalized spacial score (nSPS) is 13.0. The lowest BCUT2D eigenvalue weighted by molar-refractivity contribution is -0.141. The fourth-order valence-electron chi connectivity index (χ4n) is 5.27. The number of fused-ring (bicyclic) bond motifs is 3. The maximum atomic E-state index is 13.8. The molecule has 0 radical (unpaired) electrons. The van der Waals surface area contributed by atoms with Crippen molar-refractivity contribution in [2.24, 2.45) is 10.3 Å². The molecule has 49 heavy (non-hydrogen) atoms. The van der Waals surface area contributed by atoms with Crippen molar-refractivity contribution in [3.63, 3.8) is 0 Å². The van der Waals surface area contributed by atoms with Crippen LogP contribution in [0.5, 0.6) is 0 Å². The number of methoxy groups -OCH3 is 2. The number of unbranched alkanes of at least 4 members (excludes halogenated alkanes) is 2. The molecule has 3 rings (SSSR count). The van der Waals surface area contributed by atoms with Gasteiger partial charge in [-0.1, -0.05) is 61.3 Å². The van der Waals surface area contributed by atoms with E-state index in [1.807, 2.05) is 13.8 Å². The van der Waals surface area contributed by atoms with Crippen molar-refractivity contribution in [1.29, 1.82) is 0 Å². The number of nitrogens with zero attached hydrogens (tertiary/aromatic N) is 2. The molecule has 0 aromatic heterocycles. The second-order valence-electron chi connectivity index (χ2n) is 11.2. The minimum atomic E-state index is -1.48. The lowest BCUT2D eigenvalue weighted by atomic mass is 9.78. The van der Waals surface area contributed by atoms with Crippen molar-refractivity contribution in [3.8, 4) is 11.1 Å². The second-order valence-corrected chi connectivity index (χ2v) is 11.2. The molecule has 0 amide bonds. The van der Waals surface area contributed by atoms with Gasteiger partial charge in [-0.05, 0) is 60.1 Å². The van der Waals surface area contributed by atoms with Crippen molar-refractivity contribution in [1.82, 2.24) is 0 Å². The molecule has 0 spiro atoms. The molecule has 0 saturated heterocycles. The Kier molecular flexibility index (Phi) is 13.7. The van der Waals surface area contributed by atoms with Gasteiger partial charge in [-0.15, -0.1) is 0 Å². The molecule has 2 aromatic carbocycles. The predicted octanol–water partition coefficient (Wildman–Crippen LogP) is 6.10. The van der Waals surface area contributed by atoms with E-state index < -0.39 is 54.4 Å². The second kappa shape index (κ2) is 17.7. The van der Waals surface area contributed by atoms with Crippen LogP contribution in [0.15, 0.2) is 46.7 Å². The number of carbonyl (C=O) groups excluding carboxylic acids is 6. The van der Waals surface area contributed by atoms with Gasteiger partial charge in [0, 0.05) is 25.0 Å². The first-order chi connectivity index (χ1) is 23.4. The van der Waals surface area contributed by atoms with Crippen LogP contribution in [0, 0.1) is 0 Å². The number of carbonyl (C=O) groups is 6. The molecule has 1 aliphatic rings. The molecular weight excluding hydrogens is 640 g/mol. The largest absolute Gasteiger partial charge is 0.508 e. The molecule has 2 aromatic rings. The quantitative estimate of drug-likeness (QED) is 0.0654. The van der Waals surface area contributed by atoms with Gasteiger partial charge in [0.2, 0.25) is 11.6 Å². The smallest absolute Gasteiger partial charge is 0.438 e. The minimum Gasteiger partial charge on any atom is -0.438 e. The lowest BCUT2D eigenvalue weighted by Crippen LogP contribution is -2.38. The summed E-state index contributed by atoms with van der Waals surface area (Å²) in [5.41, 5.74) is 0.941. The molecule has 0 bridgehead atoms. The zero-order valence-electron chi connectivity index (χ0n) is 28.4. The monoisotopic (exact) mass is 680 g/mol. The van der Waals surface area contributed by atoms with Crippen LogP contribution in [0.25, 0.3) is 11.1 Å². The van der Waals surface area contributed by atoms with Gasteiger partial charge in [0.05, 0.1) is 19.6 Å². The van der Waals surface area contributed by atoms with Crippen LogP contribution in [0.1, 0.15) is 98.1 Å². The number of ether oxygens (including phenoxy) is 4. The molecule has 0 fully saturated rings. The molecule has 262 valence electrons. The fourth-order valence-corrected chi connectivity index (χ4v) is 5.27. The molecule has 14 heteroatoms. The number of hydrogen-bond acceptors (Lipinski definition) is 14. The molecule has 14 nitrogen and oxygen atoms in total. The average molecular weight is 681 g/mol. The Bertz CT molecular complexity index is 1540. The third-order valence-corrected chi connectivity index (χ3v) is 7.72. The van der Waals surface area contributed by atoms with Crippen molar-refractivity contribution >= 4 is 47.2 Å². The highest BCUT2D eigenvalue weighted by Gasteiger charge is 2.47. The van der Waals surface area contributed by atoms with Crippen LogP contribution >= 0.6 is 0 Å². The van der Waals surface area contributed by atoms with Crippen LogP contribution in [-0.2, 0) is 43.6 Å². The number of ketones is 2. The summed E-state index contributed by atoms with van der Waals surface area (Å²) in [5, 5.41) is 7.62. The van der Waals surface area contributed by atoms with Gasteiger partial charge in [-0.2, -0.15) is 0 Å². The minimum absolute atomic E-state index is 0.0225. The molecule has 0 heterocycles. The summed E-state index contributed by atoms with van der Waals surface area (Å²) in [6.07, 6.45) is 1.11. The number of hydrogen-bond donors (Lipinski definition) is 0. The van der Waals surface area contributed by atoms with Gasteiger partial charge in [-0.3, -0.25) is 9.59 Å². The van der Waals surface area contributed by atoms with Crippen molar-refractivity contribution in [3.05, 3.63) is 58.7 Å². The van der Waals surface area contributed by atoms with Gasteiger partial charge < -0.3 is 28.6 Å². The summed E-state index contributed by atoms with van der Waals surface area (Å²) in [7, 11) is 2.26. The first-order valence-corrected chi connectivity index (χ1v) is 15.7. The summed E-state index contributed by atoms with van der Waals surface area (Å²) < 4.78 is 20.4. The van der Waals surface area contributed by atoms with E-state index in [0.29, 0.717) is 35.1 Å². The van der Waals surface area contributed by atoms with Crippen molar-refractivity contribution in [2.45, 2.75) is 71.6 Å². The van der Waals surface area contributed by atoms with Crippen LogP contribution in [-0.4, -0.2) is 74.7 Å². The van der Waals surface area contributed by atoms with E-state index in [1.165, 1.54) is 13.8 Å². The predicted molar refractivity (Wildman–Crippen MR) is 175 cm³/mol. The number of oxime groups is 2. The van der Waals surface area contributed by atoms with E-state index in [4.69, 9.17) is 28.6 Å². The maximum absolute atomic E-state index is 13.8. The van der Waals surface area contributed by atoms with Gasteiger partial charge >= 0.3 is 24.2 Å². The van der Waals surface area contributed by atoms with Crippen LogP contribution in [0.2, 0.25) is 0 Å². The molecule has 0 N–H and O–H groups in total. The Hall–Kier alpha value is -5.40. The van der Waals surface area contributed by atoms with Crippen molar-refractivity contribution < 1.29 is 57.4 Å². The van der Waals surface area contributed by atoms with E-state index in [-0.39, 0.29) is 35.4 Å². The molecular formula is C35H40N2O12. The van der Waals surface area contributed by atoms with E-state index in [2.05, 4.69) is 10.3 Å². The molecule has 0 atom stereocenters. The third-order valence-electron chi connectivity index (χ3n) is 7.72. The highest BCUT2D eigenvalue weighted by molar-refractivity contribution is 6.46. The number of rotatable bonds is 16. The van der Waals surface area contributed by atoms with Gasteiger partial charge in [-0.25, -0.2) is 19.2 Å². The molecule has 1 aliphatic carbocycles. The van der Waals surface area contributed by atoms with E-state index in [1.54, 1.807) is 36.4 Å². The maximum Gasteiger partial charge on any atom is 0.508 e. The summed E-state index contributed by atoms with van der Waals surface area (Å²) in [6.45, 7) is 5.32. The number of Topliss-reactive ketones (excluding diaryl/α,β-unsaturated/α-hetero) is 2. The Morgan fingerprint density at radius 2 is 1.02 bits per heavy atom. The zero-order valence-corrected chi connectivity index (χ0v) is 28.4. The fraction of sp³-hybridized carbons (Fsp3) is 0.429. The summed E-state index contributed by atoms with van der Waals surface area (Å²) in [5.74, 6) is -2.40. The lowest BCUT2D eigenvalue weighted by Gasteiger charge is -2.31. The summed E-state index contributed by atoms with van der Waals surface area (Å²) in [6, 6.07) is 9.63. The SMILES string of the molecule is CCCC/C(=N\OC(C)=O)C(=O)c1ccc2c(c1)C(COC(=O)OC)(COC(=O)OC)c1cc(C(=O)/C(CCCC)=N/OC(C)=O)ccc1-2. The standard InChI is InChI=1S/C35H40N2O12/c1-7-9-11-29(36-48-21(3)38)31(40)23-13-15-25-26-16-14-24(32(41)30(12-10-8-2)37-49-22(4)39)18-28(26)35(27(25)17-23,19-46-33(42)44-5)20-47-34(43)45-6/h13-18H,7-12,19-20H2,1-6H3/b36-29+,37-30+. The zero-order chi connectivity index (χ0) is 36.1. The first kappa shape index (κ1) is 38.1. The molecule has 0 saturated carbocycles. The van der Waals surface area contributed by atoms with E-state index >= 15 is 0 Å². The van der Waals surface area contributed by atoms with Gasteiger partial charge in [0.1, 0.15) is 24.6 Å². The van der Waals surface area contributed by atoms with Crippen LogP contribution < -0.4 is 0 Å². The van der Waals surface area contributed by atoms with E-state index in [0.717, 1.165) is 27.1 Å². The van der Waals surface area contributed by atoms with Gasteiger partial charge in [0.25, 0.3) is 0 Å². The summed E-state index contributed by atoms with van der Waals surface area (Å²) in [4.78, 5) is 84.7. The van der Waals surface area contributed by atoms with Crippen molar-refractivity contribution in [2.75, 3.05) is 27.4 Å². The van der Waals surface area contributed by atoms with Gasteiger partial charge in [0.15, 0.2) is 0 Å². The van der Waals surface area contributed by atoms with E-state index in [9.17, 15) is 28.8 Å². The molecule has 0 unspecified atom stereocenters. The Morgan fingerprint density at radius 3 is 1.35 bits per heavy atom. The van der Waals surface area contributed by atoms with Crippen LogP contribution in [0.3, 0.4) is 0 Å². The first-order valence-electron chi connectivity index (χ1n) is 15.7. The average Bonchev–Trinajstić information content (AvgIpc) is 3.37. The number of benzene rings is 2. The topological polar surface area (TPSA) is 183 Å².